The van der Waals surface area contributed by atoms with Gasteiger partial charge in [-0.05, 0) is 36.5 Å². The molecule has 0 spiro atoms. The fourth-order valence-corrected chi connectivity index (χ4v) is 3.75. The van der Waals surface area contributed by atoms with Crippen LogP contribution in [0.3, 0.4) is 0 Å². The molecule has 0 aromatic heterocycles. The number of carbonyl (C=O) groups is 2. The largest absolute Gasteiger partial charge is 0.299 e. The molecule has 2 heteroatoms. The number of hydrogen-bond acceptors (Lipinski definition) is 2. The predicted molar refractivity (Wildman–Crippen MR) is 111 cm³/mol. The lowest BCUT2D eigenvalue weighted by Gasteiger charge is -2.18. The molecule has 0 saturated heterocycles. The van der Waals surface area contributed by atoms with E-state index < -0.39 is 0 Å². The van der Waals surface area contributed by atoms with Crippen LogP contribution in [-0.2, 0) is 11.2 Å². The van der Waals surface area contributed by atoms with Crippen LogP contribution in [0.15, 0.2) is 72.3 Å². The molecule has 1 aliphatic carbocycles. The van der Waals surface area contributed by atoms with Crippen molar-refractivity contribution in [3.63, 3.8) is 0 Å². The standard InChI is InChI=1S/C25H26O2/c1-3-24-22(14-16-25(24)21-7-5-4-6-8-21)13-15-23(27)17-19-9-11-20(12-10-19)18(2)26/h4-12,14,16,24H,3,13,15,17H2,1-2H3. The second kappa shape index (κ2) is 8.77. The normalized spacial score (nSPS) is 16.0. The topological polar surface area (TPSA) is 34.1 Å². The zero-order valence-electron chi connectivity index (χ0n) is 16.1. The summed E-state index contributed by atoms with van der Waals surface area (Å²) in [6.45, 7) is 3.76. The number of benzene rings is 2. The number of allylic oxidation sites excluding steroid dienone is 4. The van der Waals surface area contributed by atoms with Gasteiger partial charge in [-0.1, -0.05) is 79.2 Å². The molecule has 138 valence electrons. The molecule has 2 aromatic rings. The average molecular weight is 358 g/mol. The zero-order valence-corrected chi connectivity index (χ0v) is 16.1. The zero-order chi connectivity index (χ0) is 19.2. The maximum absolute atomic E-state index is 12.4. The highest BCUT2D eigenvalue weighted by molar-refractivity contribution is 5.94. The predicted octanol–water partition coefficient (Wildman–Crippen LogP) is 5.83. The Balaban J connectivity index is 1.55. The van der Waals surface area contributed by atoms with Crippen LogP contribution in [0.2, 0.25) is 0 Å². The van der Waals surface area contributed by atoms with Gasteiger partial charge in [-0.2, -0.15) is 0 Å². The average Bonchev–Trinajstić information content (AvgIpc) is 3.10. The second-order valence-electron chi connectivity index (χ2n) is 7.16. The van der Waals surface area contributed by atoms with E-state index in [0.717, 1.165) is 18.4 Å². The van der Waals surface area contributed by atoms with Crippen LogP contribution in [0.1, 0.15) is 54.6 Å². The Kier molecular flexibility index (Phi) is 6.18. The quantitative estimate of drug-likeness (QED) is 0.556. The van der Waals surface area contributed by atoms with E-state index in [4.69, 9.17) is 0 Å². The van der Waals surface area contributed by atoms with Crippen LogP contribution < -0.4 is 0 Å². The summed E-state index contributed by atoms with van der Waals surface area (Å²) in [5.74, 6) is 0.706. The minimum Gasteiger partial charge on any atom is -0.299 e. The van der Waals surface area contributed by atoms with Crippen LogP contribution in [0.4, 0.5) is 0 Å². The number of rotatable bonds is 8. The lowest BCUT2D eigenvalue weighted by Crippen LogP contribution is -2.07. The van der Waals surface area contributed by atoms with Crippen LogP contribution in [-0.4, -0.2) is 11.6 Å². The highest BCUT2D eigenvalue weighted by Gasteiger charge is 2.22. The summed E-state index contributed by atoms with van der Waals surface area (Å²) >= 11 is 0. The summed E-state index contributed by atoms with van der Waals surface area (Å²) in [4.78, 5) is 23.8. The maximum Gasteiger partial charge on any atom is 0.159 e. The molecule has 2 nitrogen and oxygen atoms in total. The van der Waals surface area contributed by atoms with Crippen molar-refractivity contribution >= 4 is 17.1 Å². The molecule has 2 aromatic carbocycles. The van der Waals surface area contributed by atoms with Crippen molar-refractivity contribution < 1.29 is 9.59 Å². The first kappa shape index (κ1) is 19.0. The van der Waals surface area contributed by atoms with E-state index in [2.05, 4.69) is 43.3 Å². The molecule has 3 rings (SSSR count). The van der Waals surface area contributed by atoms with Gasteiger partial charge in [-0.3, -0.25) is 9.59 Å². The van der Waals surface area contributed by atoms with E-state index in [-0.39, 0.29) is 11.6 Å². The van der Waals surface area contributed by atoms with E-state index in [0.29, 0.717) is 24.3 Å². The van der Waals surface area contributed by atoms with Crippen molar-refractivity contribution in [3.05, 3.63) is 89.0 Å². The molecule has 0 aliphatic heterocycles. The third kappa shape index (κ3) is 4.71. The first-order chi connectivity index (χ1) is 13.1. The van der Waals surface area contributed by atoms with Crippen LogP contribution in [0.5, 0.6) is 0 Å². The van der Waals surface area contributed by atoms with Gasteiger partial charge in [0, 0.05) is 24.3 Å². The van der Waals surface area contributed by atoms with E-state index >= 15 is 0 Å². The molecule has 1 unspecified atom stereocenters. The smallest absolute Gasteiger partial charge is 0.159 e. The minimum atomic E-state index is 0.0494. The van der Waals surface area contributed by atoms with E-state index in [1.165, 1.54) is 16.7 Å². The molecule has 0 bridgehead atoms. The molecule has 0 saturated carbocycles. The second-order valence-corrected chi connectivity index (χ2v) is 7.16. The van der Waals surface area contributed by atoms with Gasteiger partial charge in [0.15, 0.2) is 5.78 Å². The Morgan fingerprint density at radius 3 is 2.26 bits per heavy atom. The Labute approximate surface area is 161 Å². The molecule has 0 N–H and O–H groups in total. The fourth-order valence-electron chi connectivity index (χ4n) is 3.75. The lowest BCUT2D eigenvalue weighted by atomic mass is 9.86. The Morgan fingerprint density at radius 2 is 1.63 bits per heavy atom. The summed E-state index contributed by atoms with van der Waals surface area (Å²) in [5, 5.41) is 0. The van der Waals surface area contributed by atoms with Crippen LogP contribution in [0, 0.1) is 5.92 Å². The van der Waals surface area contributed by atoms with Crippen molar-refractivity contribution in [2.75, 3.05) is 0 Å². The van der Waals surface area contributed by atoms with Gasteiger partial charge in [0.25, 0.3) is 0 Å². The first-order valence-corrected chi connectivity index (χ1v) is 9.66. The van der Waals surface area contributed by atoms with Gasteiger partial charge < -0.3 is 0 Å². The molecular formula is C25H26O2. The third-order valence-corrected chi connectivity index (χ3v) is 5.27. The van der Waals surface area contributed by atoms with Gasteiger partial charge in [0.1, 0.15) is 5.78 Å². The first-order valence-electron chi connectivity index (χ1n) is 9.66. The van der Waals surface area contributed by atoms with Crippen molar-refractivity contribution in [1.82, 2.24) is 0 Å². The Bertz CT molecular complexity index is 870. The van der Waals surface area contributed by atoms with Crippen LogP contribution >= 0.6 is 0 Å². The number of carbonyl (C=O) groups excluding carboxylic acids is 2. The summed E-state index contributed by atoms with van der Waals surface area (Å²) in [7, 11) is 0. The molecule has 0 fully saturated rings. The monoisotopic (exact) mass is 358 g/mol. The molecule has 0 heterocycles. The number of hydrogen-bond donors (Lipinski definition) is 0. The van der Waals surface area contributed by atoms with Gasteiger partial charge in [-0.15, -0.1) is 0 Å². The lowest BCUT2D eigenvalue weighted by molar-refractivity contribution is -0.118. The highest BCUT2D eigenvalue weighted by atomic mass is 16.1. The Hall–Kier alpha value is -2.74. The van der Waals surface area contributed by atoms with Gasteiger partial charge in [0.2, 0.25) is 0 Å². The summed E-state index contributed by atoms with van der Waals surface area (Å²) in [6.07, 6.45) is 7.27. The fraction of sp³-hybridized carbons (Fsp3) is 0.280. The molecule has 1 atom stereocenters. The number of ketones is 2. The molecule has 0 amide bonds. The molecule has 1 aliphatic rings. The number of Topliss-reactive ketones (excluding diaryl/α,β-unsaturated/α-hetero) is 2. The SMILES string of the molecule is CCC1C(CCC(=O)Cc2ccc(C(C)=O)cc2)=CC=C1c1ccccc1. The third-order valence-electron chi connectivity index (χ3n) is 5.27. The van der Waals surface area contributed by atoms with Crippen LogP contribution in [0.25, 0.3) is 5.57 Å². The Morgan fingerprint density at radius 1 is 0.926 bits per heavy atom. The van der Waals surface area contributed by atoms with Gasteiger partial charge in [-0.25, -0.2) is 0 Å². The van der Waals surface area contributed by atoms with Crippen molar-refractivity contribution in [2.24, 2.45) is 5.92 Å². The van der Waals surface area contributed by atoms with E-state index in [9.17, 15) is 9.59 Å². The summed E-state index contributed by atoms with van der Waals surface area (Å²) in [5.41, 5.74) is 5.65. The van der Waals surface area contributed by atoms with Crippen molar-refractivity contribution in [3.8, 4) is 0 Å². The van der Waals surface area contributed by atoms with Crippen molar-refractivity contribution in [2.45, 2.75) is 39.5 Å². The van der Waals surface area contributed by atoms with Crippen molar-refractivity contribution in [1.29, 1.82) is 0 Å². The maximum atomic E-state index is 12.4. The summed E-state index contributed by atoms with van der Waals surface area (Å²) < 4.78 is 0. The van der Waals surface area contributed by atoms with E-state index in [1.54, 1.807) is 19.1 Å². The molecule has 27 heavy (non-hydrogen) atoms. The highest BCUT2D eigenvalue weighted by Crippen LogP contribution is 2.38. The summed E-state index contributed by atoms with van der Waals surface area (Å²) in [6, 6.07) is 17.9. The molecular weight excluding hydrogens is 332 g/mol. The van der Waals surface area contributed by atoms with Gasteiger partial charge >= 0.3 is 0 Å². The van der Waals surface area contributed by atoms with Gasteiger partial charge in [0.05, 0.1) is 0 Å². The van der Waals surface area contributed by atoms with E-state index in [1.807, 2.05) is 18.2 Å². The minimum absolute atomic E-state index is 0.0494. The molecule has 0 radical (unpaired) electrons.